The van der Waals surface area contributed by atoms with Gasteiger partial charge in [0.15, 0.2) is 22.9 Å². The van der Waals surface area contributed by atoms with Crippen molar-refractivity contribution in [3.8, 4) is 11.5 Å². The number of fused-ring (bicyclic) bond motifs is 2. The summed E-state index contributed by atoms with van der Waals surface area (Å²) >= 11 is 0. The zero-order valence-electron chi connectivity index (χ0n) is 20.0. The smallest absolute Gasteiger partial charge is 0.190 e. The highest BCUT2D eigenvalue weighted by Crippen LogP contribution is 2.39. The van der Waals surface area contributed by atoms with E-state index in [0.29, 0.717) is 0 Å². The second-order valence-corrected chi connectivity index (χ2v) is 8.69. The lowest BCUT2D eigenvalue weighted by atomic mass is 10.1. The molecule has 0 saturated carbocycles. The van der Waals surface area contributed by atoms with Crippen molar-refractivity contribution in [2.45, 2.75) is 53.4 Å². The lowest BCUT2D eigenvalue weighted by molar-refractivity contribution is -2.00. The van der Waals surface area contributed by atoms with Gasteiger partial charge in [0.1, 0.15) is 0 Å². The summed E-state index contributed by atoms with van der Waals surface area (Å²) in [6.45, 7) is 13.1. The Bertz CT molecular complexity index is 858. The molecule has 0 aromatic heterocycles. The normalized spacial score (nSPS) is 12.1. The molecule has 8 nitrogen and oxygen atoms in total. The van der Waals surface area contributed by atoms with Crippen LogP contribution in [0.15, 0.2) is 36.4 Å². The third-order valence-corrected chi connectivity index (χ3v) is 5.58. The van der Waals surface area contributed by atoms with Gasteiger partial charge in [-0.3, -0.25) is 5.32 Å². The van der Waals surface area contributed by atoms with Crippen LogP contribution in [0.5, 0.6) is 11.5 Å². The maximum Gasteiger partial charge on any atom is 0.190 e. The minimum absolute atomic E-state index is 0.961. The molecule has 2 aromatic rings. The van der Waals surface area contributed by atoms with E-state index in [1.54, 1.807) is 0 Å². The zero-order valence-corrected chi connectivity index (χ0v) is 20.8. The summed E-state index contributed by atoms with van der Waals surface area (Å²) in [4.78, 5) is 4.87. The van der Waals surface area contributed by atoms with Crippen molar-refractivity contribution >= 4 is 22.7 Å². The molecule has 0 unspecified atom stereocenters. The number of nitrogens with two attached hydrogens (primary N) is 1. The molecule has 0 spiro atoms. The van der Waals surface area contributed by atoms with Gasteiger partial charge in [-0.1, -0.05) is 26.7 Å². The van der Waals surface area contributed by atoms with Crippen LogP contribution in [-0.2, 0) is 0 Å². The molecule has 0 aliphatic carbocycles. The van der Waals surface area contributed by atoms with Crippen molar-refractivity contribution in [3.05, 3.63) is 36.4 Å². The summed E-state index contributed by atoms with van der Waals surface area (Å²) < 4.78 is 40.3. The number of hydrogen-bond donors (Lipinski definition) is 1. The molecule has 0 bridgehead atoms. The fourth-order valence-electron chi connectivity index (χ4n) is 3.80. The van der Waals surface area contributed by atoms with Gasteiger partial charge in [-0.15, -0.1) is 10.2 Å². The van der Waals surface area contributed by atoms with Crippen molar-refractivity contribution in [1.82, 2.24) is 0 Å². The number of anilines is 2. The molecule has 184 valence electrons. The molecular formula is C24H36ClN3O5. The van der Waals surface area contributed by atoms with Gasteiger partial charge >= 0.3 is 0 Å². The lowest BCUT2D eigenvalue weighted by Crippen LogP contribution is -2.72. The Morgan fingerprint density at radius 2 is 1.15 bits per heavy atom. The van der Waals surface area contributed by atoms with E-state index in [1.807, 2.05) is 0 Å². The van der Waals surface area contributed by atoms with Crippen LogP contribution >= 0.6 is 0 Å². The molecule has 2 N–H and O–H groups in total. The van der Waals surface area contributed by atoms with Gasteiger partial charge in [0.05, 0.1) is 0 Å². The average Bonchev–Trinajstić information content (AvgIpc) is 2.77. The van der Waals surface area contributed by atoms with Crippen molar-refractivity contribution in [1.29, 1.82) is 0 Å². The number of hydrogen-bond acceptors (Lipinski definition) is 7. The van der Waals surface area contributed by atoms with E-state index in [-0.39, 0.29) is 0 Å². The van der Waals surface area contributed by atoms with Crippen LogP contribution in [0.1, 0.15) is 53.4 Å². The SMILES string of the molecule is CCCCN(CCCC)c1ccc2c(c1)Oc1cc(N(CC)CC)ccc1[NH2+]2.[O-][Cl+3]([O-])([O-])[O-]. The third kappa shape index (κ3) is 8.66. The highest BCUT2D eigenvalue weighted by molar-refractivity contribution is 5.67. The first-order valence-corrected chi connectivity index (χ1v) is 12.9. The Morgan fingerprint density at radius 3 is 1.55 bits per heavy atom. The van der Waals surface area contributed by atoms with Crippen LogP contribution in [0.25, 0.3) is 0 Å². The Balaban J connectivity index is 0.000000696. The summed E-state index contributed by atoms with van der Waals surface area (Å²) in [6.07, 6.45) is 4.90. The molecule has 0 amide bonds. The van der Waals surface area contributed by atoms with Crippen LogP contribution in [0.3, 0.4) is 0 Å². The van der Waals surface area contributed by atoms with Gasteiger partial charge in [0.25, 0.3) is 0 Å². The first-order chi connectivity index (χ1) is 15.7. The van der Waals surface area contributed by atoms with Gasteiger partial charge in [-0.05, 0) is 38.8 Å². The maximum absolute atomic E-state index is 8.49. The second kappa shape index (κ2) is 13.0. The molecule has 2 aromatic carbocycles. The molecule has 1 aliphatic rings. The number of quaternary nitrogens is 1. The van der Waals surface area contributed by atoms with E-state index in [1.165, 1.54) is 37.1 Å². The maximum atomic E-state index is 8.49. The number of nitrogens with zero attached hydrogens (tertiary/aromatic N) is 2. The predicted molar refractivity (Wildman–Crippen MR) is 120 cm³/mol. The first-order valence-electron chi connectivity index (χ1n) is 11.6. The monoisotopic (exact) mass is 481 g/mol. The van der Waals surface area contributed by atoms with Gasteiger partial charge in [-0.2, -0.15) is 0 Å². The minimum atomic E-state index is -4.94. The van der Waals surface area contributed by atoms with Crippen LogP contribution in [-0.4, -0.2) is 26.2 Å². The van der Waals surface area contributed by atoms with Gasteiger partial charge in [0.2, 0.25) is 0 Å². The quantitative estimate of drug-likeness (QED) is 0.425. The fraction of sp³-hybridized carbons (Fsp3) is 0.500. The van der Waals surface area contributed by atoms with E-state index in [0.717, 1.165) is 49.1 Å². The topological polar surface area (TPSA) is 125 Å². The number of rotatable bonds is 10. The average molecular weight is 482 g/mol. The van der Waals surface area contributed by atoms with E-state index in [2.05, 4.69) is 79.2 Å². The molecule has 0 saturated heterocycles. The van der Waals surface area contributed by atoms with Crippen LogP contribution in [0.2, 0.25) is 0 Å². The van der Waals surface area contributed by atoms with Crippen molar-refractivity contribution in [3.63, 3.8) is 0 Å². The van der Waals surface area contributed by atoms with Gasteiger partial charge in [0, 0.05) is 61.8 Å². The van der Waals surface area contributed by atoms with Crippen molar-refractivity contribution < 1.29 is 38.9 Å². The van der Waals surface area contributed by atoms with Crippen molar-refractivity contribution in [2.75, 3.05) is 36.0 Å². The van der Waals surface area contributed by atoms with Gasteiger partial charge < -0.3 is 14.5 Å². The summed E-state index contributed by atoms with van der Waals surface area (Å²) in [7, 11) is -4.94. The van der Waals surface area contributed by atoms with E-state index in [9.17, 15) is 0 Å². The third-order valence-electron chi connectivity index (χ3n) is 5.58. The Hall–Kier alpha value is -2.07. The van der Waals surface area contributed by atoms with Crippen molar-refractivity contribution in [2.24, 2.45) is 0 Å². The zero-order chi connectivity index (χ0) is 24.4. The van der Waals surface area contributed by atoms with E-state index in [4.69, 9.17) is 23.4 Å². The number of ether oxygens (including phenoxy) is 1. The molecule has 3 rings (SSSR count). The Kier molecular flexibility index (Phi) is 10.7. The molecule has 0 fully saturated rings. The standard InChI is InChI=1S/C24H35N3O.ClHO4/c1-5-9-15-27(16-10-6-2)20-12-14-22-24(18-20)28-23-17-19(26(7-3)8-4)11-13-21(23)25-22;2-1(3,4)5/h11-14,17-18,25H,5-10,15-16H2,1-4H3;(H,2,3,4,5). The van der Waals surface area contributed by atoms with E-state index < -0.39 is 10.2 Å². The number of unbranched alkanes of at least 4 members (excludes halogenated alkanes) is 2. The summed E-state index contributed by atoms with van der Waals surface area (Å²) in [5, 5.41) is 2.24. The second-order valence-electron chi connectivity index (χ2n) is 7.94. The summed E-state index contributed by atoms with van der Waals surface area (Å²) in [5.41, 5.74) is 4.82. The molecule has 0 atom stereocenters. The fourth-order valence-corrected chi connectivity index (χ4v) is 3.80. The predicted octanol–water partition coefficient (Wildman–Crippen LogP) is 0.816. The van der Waals surface area contributed by atoms with Crippen LogP contribution in [0.4, 0.5) is 22.7 Å². The Morgan fingerprint density at radius 1 is 0.727 bits per heavy atom. The minimum Gasteiger partial charge on any atom is -0.445 e. The molecule has 33 heavy (non-hydrogen) atoms. The number of benzene rings is 2. The highest BCUT2D eigenvalue weighted by atomic mass is 35.7. The van der Waals surface area contributed by atoms with Gasteiger partial charge in [-0.25, -0.2) is 18.6 Å². The lowest BCUT2D eigenvalue weighted by Gasteiger charge is -2.27. The molecule has 1 aliphatic heterocycles. The van der Waals surface area contributed by atoms with Crippen LogP contribution in [0, 0.1) is 10.2 Å². The molecule has 9 heteroatoms. The van der Waals surface area contributed by atoms with Crippen LogP contribution < -0.4 is 38.5 Å². The highest BCUT2D eigenvalue weighted by Gasteiger charge is 2.23. The summed E-state index contributed by atoms with van der Waals surface area (Å²) in [6, 6.07) is 13.2. The molecule has 0 radical (unpaired) electrons. The first kappa shape index (κ1) is 27.2. The Labute approximate surface area is 199 Å². The largest absolute Gasteiger partial charge is 0.445 e. The number of halogens is 1. The summed E-state index contributed by atoms with van der Waals surface area (Å²) in [5.74, 6) is 1.93. The molecule has 1 heterocycles. The van der Waals surface area contributed by atoms with E-state index >= 15 is 0 Å². The molecular weight excluding hydrogens is 446 g/mol.